The highest BCUT2D eigenvalue weighted by Crippen LogP contribution is 2.24. The van der Waals surface area contributed by atoms with Crippen molar-refractivity contribution in [2.75, 3.05) is 11.1 Å². The zero-order valence-corrected chi connectivity index (χ0v) is 9.95. The van der Waals surface area contributed by atoms with Crippen LogP contribution in [0.4, 0.5) is 18.9 Å². The summed E-state index contributed by atoms with van der Waals surface area (Å²) in [6, 6.07) is 1.53. The Balaban J connectivity index is 2.17. The van der Waals surface area contributed by atoms with Crippen molar-refractivity contribution in [1.29, 1.82) is 0 Å². The van der Waals surface area contributed by atoms with Crippen molar-refractivity contribution in [2.45, 2.75) is 19.4 Å². The molecule has 2 nitrogen and oxygen atoms in total. The molecular weight excluding hydrogens is 249 g/mol. The van der Waals surface area contributed by atoms with E-state index in [1.807, 2.05) is 6.92 Å². The first-order chi connectivity index (χ1) is 8.10. The van der Waals surface area contributed by atoms with Crippen LogP contribution in [-0.2, 0) is 0 Å². The summed E-state index contributed by atoms with van der Waals surface area (Å²) < 4.78 is 39.0. The maximum absolute atomic E-state index is 13.3. The summed E-state index contributed by atoms with van der Waals surface area (Å²) in [5.41, 5.74) is -0.0908. The Morgan fingerprint density at radius 3 is 2.65 bits per heavy atom. The summed E-state index contributed by atoms with van der Waals surface area (Å²) in [5.74, 6) is -2.28. The van der Waals surface area contributed by atoms with E-state index in [2.05, 4.69) is 10.3 Å². The molecule has 0 fully saturated rings. The van der Waals surface area contributed by atoms with Crippen molar-refractivity contribution in [3.8, 4) is 0 Å². The number of aliphatic imine (C=N–C) groups is 1. The summed E-state index contributed by atoms with van der Waals surface area (Å²) in [5, 5.41) is 3.22. The molecule has 1 aromatic carbocycles. The van der Waals surface area contributed by atoms with Gasteiger partial charge in [-0.05, 0) is 6.42 Å². The zero-order valence-electron chi connectivity index (χ0n) is 9.14. The maximum atomic E-state index is 13.3. The summed E-state index contributed by atoms with van der Waals surface area (Å²) >= 11 is 1.44. The maximum Gasteiger partial charge on any atom is 0.161 e. The van der Waals surface area contributed by atoms with Crippen LogP contribution in [0.3, 0.4) is 0 Å². The van der Waals surface area contributed by atoms with Crippen molar-refractivity contribution in [3.63, 3.8) is 0 Å². The highest BCUT2D eigenvalue weighted by molar-refractivity contribution is 8.14. The third-order valence-electron chi connectivity index (χ3n) is 2.44. The molecule has 0 saturated carbocycles. The fourth-order valence-corrected chi connectivity index (χ4v) is 2.49. The van der Waals surface area contributed by atoms with Gasteiger partial charge in [-0.1, -0.05) is 18.7 Å². The van der Waals surface area contributed by atoms with Gasteiger partial charge in [-0.25, -0.2) is 13.2 Å². The van der Waals surface area contributed by atoms with Gasteiger partial charge < -0.3 is 5.32 Å². The smallest absolute Gasteiger partial charge is 0.161 e. The van der Waals surface area contributed by atoms with E-state index in [0.717, 1.165) is 18.2 Å². The Hall–Kier alpha value is -1.17. The number of nitrogens with one attached hydrogen (secondary N) is 1. The van der Waals surface area contributed by atoms with Crippen molar-refractivity contribution in [3.05, 3.63) is 29.6 Å². The molecule has 1 unspecified atom stereocenters. The van der Waals surface area contributed by atoms with Gasteiger partial charge in [0.25, 0.3) is 0 Å². The van der Waals surface area contributed by atoms with Crippen LogP contribution in [0, 0.1) is 17.5 Å². The Bertz CT molecular complexity index is 462. The van der Waals surface area contributed by atoms with Crippen LogP contribution in [0.5, 0.6) is 0 Å². The Morgan fingerprint density at radius 2 is 2.00 bits per heavy atom. The van der Waals surface area contributed by atoms with Crippen LogP contribution in [0.2, 0.25) is 0 Å². The van der Waals surface area contributed by atoms with Crippen molar-refractivity contribution < 1.29 is 13.2 Å². The van der Waals surface area contributed by atoms with Gasteiger partial charge in [0.2, 0.25) is 0 Å². The average molecular weight is 260 g/mol. The van der Waals surface area contributed by atoms with E-state index in [9.17, 15) is 13.2 Å². The molecule has 6 heteroatoms. The molecule has 0 bridgehead atoms. The number of nitrogens with zero attached hydrogens (tertiary/aromatic N) is 1. The summed E-state index contributed by atoms with van der Waals surface area (Å²) in [6.45, 7) is 2.01. The summed E-state index contributed by atoms with van der Waals surface area (Å²) in [4.78, 5) is 4.28. The van der Waals surface area contributed by atoms with Crippen LogP contribution in [0.1, 0.15) is 13.3 Å². The predicted molar refractivity (Wildman–Crippen MR) is 63.9 cm³/mol. The highest BCUT2D eigenvalue weighted by Gasteiger charge is 2.18. The second kappa shape index (κ2) is 5.00. The molecule has 1 aromatic rings. The van der Waals surface area contributed by atoms with Crippen LogP contribution in [-0.4, -0.2) is 17.0 Å². The zero-order chi connectivity index (χ0) is 12.4. The lowest BCUT2D eigenvalue weighted by Crippen LogP contribution is -2.08. The number of anilines is 1. The fraction of sp³-hybridized carbons (Fsp3) is 0.364. The number of benzene rings is 1. The molecule has 1 aliphatic heterocycles. The predicted octanol–water partition coefficient (Wildman–Crippen LogP) is 3.40. The third kappa shape index (κ3) is 2.74. The van der Waals surface area contributed by atoms with E-state index in [1.54, 1.807) is 0 Å². The SMILES string of the molecule is CCC1CSC(Nc2cc(F)c(F)cc2F)=N1. The molecule has 2 rings (SSSR count). The molecule has 1 N–H and O–H groups in total. The molecule has 0 aliphatic carbocycles. The Labute approximate surface area is 101 Å². The molecule has 0 radical (unpaired) electrons. The number of rotatable bonds is 2. The molecule has 1 heterocycles. The lowest BCUT2D eigenvalue weighted by Gasteiger charge is -2.06. The van der Waals surface area contributed by atoms with Gasteiger partial charge in [0.1, 0.15) is 5.82 Å². The summed E-state index contributed by atoms with van der Waals surface area (Å²) in [7, 11) is 0. The molecule has 1 aliphatic rings. The minimum atomic E-state index is -1.19. The Morgan fingerprint density at radius 1 is 1.29 bits per heavy atom. The number of hydrogen-bond donors (Lipinski definition) is 1. The van der Waals surface area contributed by atoms with Crippen LogP contribution >= 0.6 is 11.8 Å². The van der Waals surface area contributed by atoms with Crippen molar-refractivity contribution >= 4 is 22.6 Å². The van der Waals surface area contributed by atoms with Crippen LogP contribution < -0.4 is 5.32 Å². The second-order valence-corrected chi connectivity index (χ2v) is 4.69. The van der Waals surface area contributed by atoms with Gasteiger partial charge in [0.15, 0.2) is 16.8 Å². The van der Waals surface area contributed by atoms with E-state index < -0.39 is 17.5 Å². The largest absolute Gasteiger partial charge is 0.332 e. The van der Waals surface area contributed by atoms with Gasteiger partial charge >= 0.3 is 0 Å². The number of halogens is 3. The molecule has 0 aromatic heterocycles. The minimum Gasteiger partial charge on any atom is -0.332 e. The first-order valence-electron chi connectivity index (χ1n) is 5.22. The van der Waals surface area contributed by atoms with Crippen LogP contribution in [0.15, 0.2) is 17.1 Å². The number of amidine groups is 1. The van der Waals surface area contributed by atoms with Crippen LogP contribution in [0.25, 0.3) is 0 Å². The third-order valence-corrected chi connectivity index (χ3v) is 3.47. The molecular formula is C11H11F3N2S. The lowest BCUT2D eigenvalue weighted by atomic mass is 10.3. The standard InChI is InChI=1S/C11H11F3N2S/c1-2-6-5-17-11(15-6)16-10-4-8(13)7(12)3-9(10)14/h3-4,6H,2,5H2,1H3,(H,15,16). The van der Waals surface area contributed by atoms with Gasteiger partial charge in [0, 0.05) is 17.9 Å². The Kier molecular flexibility index (Phi) is 3.61. The van der Waals surface area contributed by atoms with Gasteiger partial charge in [-0.2, -0.15) is 0 Å². The van der Waals surface area contributed by atoms with E-state index >= 15 is 0 Å². The highest BCUT2D eigenvalue weighted by atomic mass is 32.2. The monoisotopic (exact) mass is 260 g/mol. The first-order valence-corrected chi connectivity index (χ1v) is 6.21. The molecule has 0 amide bonds. The minimum absolute atomic E-state index is 0.0908. The molecule has 0 saturated heterocycles. The van der Waals surface area contributed by atoms with Gasteiger partial charge in [-0.3, -0.25) is 4.99 Å². The average Bonchev–Trinajstić information content (AvgIpc) is 2.73. The summed E-state index contributed by atoms with van der Waals surface area (Å²) in [6.07, 6.45) is 0.901. The van der Waals surface area contributed by atoms with E-state index in [-0.39, 0.29) is 11.7 Å². The quantitative estimate of drug-likeness (QED) is 0.824. The van der Waals surface area contributed by atoms with Crippen molar-refractivity contribution in [1.82, 2.24) is 0 Å². The lowest BCUT2D eigenvalue weighted by molar-refractivity contribution is 0.496. The number of hydrogen-bond acceptors (Lipinski definition) is 3. The molecule has 0 spiro atoms. The molecule has 17 heavy (non-hydrogen) atoms. The van der Waals surface area contributed by atoms with Gasteiger partial charge in [0.05, 0.1) is 11.7 Å². The second-order valence-electron chi connectivity index (χ2n) is 3.68. The van der Waals surface area contributed by atoms with E-state index in [1.165, 1.54) is 11.8 Å². The first kappa shape index (κ1) is 12.3. The fourth-order valence-electron chi connectivity index (χ4n) is 1.43. The normalized spacial score (nSPS) is 19.3. The van der Waals surface area contributed by atoms with Crippen molar-refractivity contribution in [2.24, 2.45) is 4.99 Å². The molecule has 92 valence electrons. The van der Waals surface area contributed by atoms with E-state index in [4.69, 9.17) is 0 Å². The van der Waals surface area contributed by atoms with E-state index in [0.29, 0.717) is 11.2 Å². The van der Waals surface area contributed by atoms with Gasteiger partial charge in [-0.15, -0.1) is 0 Å². The topological polar surface area (TPSA) is 24.4 Å². The number of thioether (sulfide) groups is 1. The molecule has 1 atom stereocenters.